The van der Waals surface area contributed by atoms with E-state index in [1.165, 1.54) is 32.1 Å². The summed E-state index contributed by atoms with van der Waals surface area (Å²) in [5.41, 5.74) is 0.988. The van der Waals surface area contributed by atoms with Crippen molar-refractivity contribution in [2.75, 3.05) is 7.05 Å². The number of nitrogens with zero attached hydrogens (tertiary/aromatic N) is 1. The minimum absolute atomic E-state index is 0.0422. The van der Waals surface area contributed by atoms with Gasteiger partial charge in [0.05, 0.1) is 0 Å². The average molecular weight is 279 g/mol. The molecule has 1 fully saturated rings. The van der Waals surface area contributed by atoms with Gasteiger partial charge in [-0.25, -0.2) is 4.79 Å². The predicted octanol–water partition coefficient (Wildman–Crippen LogP) is 3.69. The van der Waals surface area contributed by atoms with Gasteiger partial charge < -0.3 is 9.52 Å². The molecule has 0 spiro atoms. The number of furan rings is 1. The third-order valence-electron chi connectivity index (χ3n) is 4.67. The lowest BCUT2D eigenvalue weighted by atomic mass is 9.84. The van der Waals surface area contributed by atoms with Crippen LogP contribution in [0.1, 0.15) is 60.9 Å². The summed E-state index contributed by atoms with van der Waals surface area (Å²) in [7, 11) is 2.13. The van der Waals surface area contributed by atoms with E-state index in [2.05, 4.69) is 18.9 Å². The molecule has 0 atom stereocenters. The van der Waals surface area contributed by atoms with E-state index in [9.17, 15) is 4.79 Å². The van der Waals surface area contributed by atoms with Gasteiger partial charge in [-0.15, -0.1) is 0 Å². The van der Waals surface area contributed by atoms with Crippen molar-refractivity contribution in [1.82, 2.24) is 4.90 Å². The lowest BCUT2D eigenvalue weighted by Crippen LogP contribution is -2.34. The number of aryl methyl sites for hydroxylation is 1. The highest BCUT2D eigenvalue weighted by Gasteiger charge is 2.24. The number of rotatable bonds is 5. The monoisotopic (exact) mass is 279 g/mol. The van der Waals surface area contributed by atoms with E-state index in [4.69, 9.17) is 9.52 Å². The van der Waals surface area contributed by atoms with Crippen molar-refractivity contribution in [2.24, 2.45) is 5.92 Å². The average Bonchev–Trinajstić information content (AvgIpc) is 2.80. The zero-order valence-electron chi connectivity index (χ0n) is 12.7. The Labute approximate surface area is 120 Å². The first-order valence-corrected chi connectivity index (χ1v) is 7.54. The first-order chi connectivity index (χ1) is 9.51. The number of carbonyl (C=O) groups is 1. The van der Waals surface area contributed by atoms with Crippen LogP contribution in [0.4, 0.5) is 0 Å². The molecule has 0 radical (unpaired) electrons. The Balaban J connectivity index is 1.94. The van der Waals surface area contributed by atoms with Crippen molar-refractivity contribution in [3.63, 3.8) is 0 Å². The van der Waals surface area contributed by atoms with Gasteiger partial charge in [0.15, 0.2) is 0 Å². The highest BCUT2D eigenvalue weighted by Crippen LogP contribution is 2.30. The maximum absolute atomic E-state index is 10.9. The summed E-state index contributed by atoms with van der Waals surface area (Å²) >= 11 is 0. The van der Waals surface area contributed by atoms with Crippen LogP contribution in [0.15, 0.2) is 10.5 Å². The Morgan fingerprint density at radius 3 is 2.55 bits per heavy atom. The molecule has 20 heavy (non-hydrogen) atoms. The van der Waals surface area contributed by atoms with Crippen LogP contribution in [0.2, 0.25) is 0 Å². The Kier molecular flexibility index (Phi) is 4.86. The minimum atomic E-state index is -0.995. The fourth-order valence-corrected chi connectivity index (χ4v) is 3.17. The fraction of sp³-hybridized carbons (Fsp3) is 0.688. The zero-order valence-corrected chi connectivity index (χ0v) is 12.7. The lowest BCUT2D eigenvalue weighted by Gasteiger charge is -2.34. The van der Waals surface area contributed by atoms with Crippen LogP contribution >= 0.6 is 0 Å². The van der Waals surface area contributed by atoms with E-state index < -0.39 is 5.97 Å². The maximum atomic E-state index is 10.9. The molecule has 0 saturated heterocycles. The number of hydrogen-bond acceptors (Lipinski definition) is 3. The molecule has 1 aromatic rings. The molecule has 0 amide bonds. The SMILES string of the molecule is CCC1CCC(N(C)Cc2cc(C(=O)O)oc2C)CC1. The summed E-state index contributed by atoms with van der Waals surface area (Å²) in [6, 6.07) is 2.27. The van der Waals surface area contributed by atoms with Gasteiger partial charge in [-0.05, 0) is 51.6 Å². The lowest BCUT2D eigenvalue weighted by molar-refractivity contribution is 0.0661. The normalized spacial score (nSPS) is 23.2. The number of aromatic carboxylic acids is 1. The van der Waals surface area contributed by atoms with Crippen molar-refractivity contribution >= 4 is 5.97 Å². The highest BCUT2D eigenvalue weighted by atomic mass is 16.4. The van der Waals surface area contributed by atoms with Gasteiger partial charge in [0, 0.05) is 18.2 Å². The largest absolute Gasteiger partial charge is 0.475 e. The minimum Gasteiger partial charge on any atom is -0.475 e. The van der Waals surface area contributed by atoms with Crippen molar-refractivity contribution in [1.29, 1.82) is 0 Å². The summed E-state index contributed by atoms with van der Waals surface area (Å²) < 4.78 is 5.27. The van der Waals surface area contributed by atoms with Gasteiger partial charge in [0.1, 0.15) is 5.76 Å². The van der Waals surface area contributed by atoms with E-state index in [0.29, 0.717) is 6.04 Å². The Morgan fingerprint density at radius 1 is 1.40 bits per heavy atom. The molecule has 0 aromatic carbocycles. The summed E-state index contributed by atoms with van der Waals surface area (Å²) in [5.74, 6) is 0.663. The van der Waals surface area contributed by atoms with Gasteiger partial charge in [-0.3, -0.25) is 4.90 Å². The van der Waals surface area contributed by atoms with E-state index in [0.717, 1.165) is 23.8 Å². The number of hydrogen-bond donors (Lipinski definition) is 1. The first kappa shape index (κ1) is 15.1. The van der Waals surface area contributed by atoms with Crippen LogP contribution in [0.25, 0.3) is 0 Å². The van der Waals surface area contributed by atoms with E-state index in [1.54, 1.807) is 6.07 Å². The summed E-state index contributed by atoms with van der Waals surface area (Å²) in [5, 5.41) is 8.95. The third kappa shape index (κ3) is 3.42. The van der Waals surface area contributed by atoms with Gasteiger partial charge in [-0.1, -0.05) is 13.3 Å². The molecule has 4 heteroatoms. The molecular formula is C16H25NO3. The second-order valence-electron chi connectivity index (χ2n) is 6.00. The van der Waals surface area contributed by atoms with Crippen molar-refractivity contribution in [3.05, 3.63) is 23.2 Å². The van der Waals surface area contributed by atoms with Crippen LogP contribution in [-0.4, -0.2) is 29.1 Å². The molecule has 112 valence electrons. The molecule has 0 bridgehead atoms. The van der Waals surface area contributed by atoms with Gasteiger partial charge in [-0.2, -0.15) is 0 Å². The molecule has 2 rings (SSSR count). The third-order valence-corrected chi connectivity index (χ3v) is 4.67. The number of carboxylic acid groups (broad SMARTS) is 1. The van der Waals surface area contributed by atoms with E-state index in [-0.39, 0.29) is 5.76 Å². The second-order valence-corrected chi connectivity index (χ2v) is 6.00. The topological polar surface area (TPSA) is 53.7 Å². The van der Waals surface area contributed by atoms with E-state index in [1.807, 2.05) is 6.92 Å². The molecule has 0 unspecified atom stereocenters. The van der Waals surface area contributed by atoms with Crippen LogP contribution in [-0.2, 0) is 6.54 Å². The molecule has 1 N–H and O–H groups in total. The maximum Gasteiger partial charge on any atom is 0.371 e. The summed E-state index contributed by atoms with van der Waals surface area (Å²) in [4.78, 5) is 13.3. The molecule has 1 aromatic heterocycles. The molecule has 4 nitrogen and oxygen atoms in total. The Morgan fingerprint density at radius 2 is 2.05 bits per heavy atom. The van der Waals surface area contributed by atoms with Gasteiger partial charge >= 0.3 is 5.97 Å². The van der Waals surface area contributed by atoms with Crippen LogP contribution in [0, 0.1) is 12.8 Å². The molecule has 1 aliphatic rings. The Hall–Kier alpha value is -1.29. The standard InChI is InChI=1S/C16H25NO3/c1-4-12-5-7-14(8-6-12)17(3)10-13-9-15(16(18)19)20-11(13)2/h9,12,14H,4-8,10H2,1-3H3,(H,18,19). The van der Waals surface area contributed by atoms with Crippen molar-refractivity contribution in [2.45, 2.75) is 58.5 Å². The van der Waals surface area contributed by atoms with Crippen LogP contribution in [0.3, 0.4) is 0 Å². The van der Waals surface area contributed by atoms with Gasteiger partial charge in [0.2, 0.25) is 5.76 Å². The molecule has 1 heterocycles. The molecule has 0 aliphatic heterocycles. The highest BCUT2D eigenvalue weighted by molar-refractivity contribution is 5.84. The summed E-state index contributed by atoms with van der Waals surface area (Å²) in [6.45, 7) is 4.88. The summed E-state index contributed by atoms with van der Waals surface area (Å²) in [6.07, 6.45) is 6.42. The van der Waals surface area contributed by atoms with Crippen molar-refractivity contribution < 1.29 is 14.3 Å². The van der Waals surface area contributed by atoms with Gasteiger partial charge in [0.25, 0.3) is 0 Å². The quantitative estimate of drug-likeness (QED) is 0.893. The molecule has 1 aliphatic carbocycles. The smallest absolute Gasteiger partial charge is 0.371 e. The Bertz CT molecular complexity index is 458. The zero-order chi connectivity index (χ0) is 14.7. The van der Waals surface area contributed by atoms with Crippen molar-refractivity contribution in [3.8, 4) is 0 Å². The molecular weight excluding hydrogens is 254 g/mol. The number of carboxylic acids is 1. The predicted molar refractivity (Wildman–Crippen MR) is 77.9 cm³/mol. The fourth-order valence-electron chi connectivity index (χ4n) is 3.17. The van der Waals surface area contributed by atoms with Crippen LogP contribution < -0.4 is 0 Å². The first-order valence-electron chi connectivity index (χ1n) is 7.54. The second kappa shape index (κ2) is 6.44. The molecule has 1 saturated carbocycles. The van der Waals surface area contributed by atoms with Crippen LogP contribution in [0.5, 0.6) is 0 Å². The van der Waals surface area contributed by atoms with E-state index >= 15 is 0 Å².